The van der Waals surface area contributed by atoms with Crippen molar-refractivity contribution in [3.05, 3.63) is 200 Å². The van der Waals surface area contributed by atoms with Gasteiger partial charge in [0.2, 0.25) is 0 Å². The number of hydrogen-bond acceptors (Lipinski definition) is 4. The highest BCUT2D eigenvalue weighted by atomic mass is 16.3. The summed E-state index contributed by atoms with van der Waals surface area (Å²) in [6, 6.07) is 70.1. The quantitative estimate of drug-likeness (QED) is 0.170. The maximum Gasteiger partial charge on any atom is 0.159 e. The summed E-state index contributed by atoms with van der Waals surface area (Å²) >= 11 is 0. The van der Waals surface area contributed by atoms with Gasteiger partial charge in [-0.05, 0) is 70.8 Å². The van der Waals surface area contributed by atoms with E-state index < -0.39 is 0 Å². The molecule has 272 valence electrons. The summed E-state index contributed by atoms with van der Waals surface area (Å²) in [5.74, 6) is 0. The van der Waals surface area contributed by atoms with E-state index >= 15 is 0 Å². The summed E-state index contributed by atoms with van der Waals surface area (Å²) in [5, 5.41) is 6.34. The first kappa shape index (κ1) is 32.4. The molecule has 58 heavy (non-hydrogen) atoms. The second-order valence-corrected chi connectivity index (χ2v) is 14.8. The van der Waals surface area contributed by atoms with Crippen LogP contribution in [0.25, 0.3) is 99.2 Å². The van der Waals surface area contributed by atoms with Gasteiger partial charge in [-0.2, -0.15) is 0 Å². The Hall–Kier alpha value is -7.82. The first-order chi connectivity index (χ1) is 28.8. The van der Waals surface area contributed by atoms with Crippen LogP contribution in [-0.2, 0) is 0 Å². The molecule has 0 aliphatic heterocycles. The van der Waals surface area contributed by atoms with E-state index in [1.165, 1.54) is 5.56 Å². The lowest BCUT2D eigenvalue weighted by molar-refractivity contribution is 0.663. The first-order valence-corrected chi connectivity index (χ1v) is 19.6. The Bertz CT molecular complexity index is 3500. The average molecular weight is 744 g/mol. The lowest BCUT2D eigenvalue weighted by Gasteiger charge is -2.26. The molecule has 0 N–H and O–H groups in total. The molecule has 0 radical (unpaired) electrons. The molecule has 0 fully saturated rings. The molecule has 0 atom stereocenters. The van der Waals surface area contributed by atoms with E-state index in [9.17, 15) is 0 Å². The summed E-state index contributed by atoms with van der Waals surface area (Å²) in [6.07, 6.45) is 0. The molecule has 12 aromatic rings. The molecule has 0 spiro atoms. The molecule has 4 heteroatoms. The Morgan fingerprint density at radius 3 is 1.60 bits per heavy atom. The highest BCUT2D eigenvalue weighted by molar-refractivity contribution is 6.23. The van der Waals surface area contributed by atoms with E-state index in [4.69, 9.17) is 13.3 Å². The van der Waals surface area contributed by atoms with Gasteiger partial charge in [0.15, 0.2) is 5.58 Å². The second-order valence-electron chi connectivity index (χ2n) is 14.8. The molecule has 0 amide bonds. The van der Waals surface area contributed by atoms with Crippen molar-refractivity contribution in [1.29, 1.82) is 0 Å². The molecular formula is C54H33NO3. The van der Waals surface area contributed by atoms with Gasteiger partial charge in [0, 0.05) is 49.4 Å². The third kappa shape index (κ3) is 5.02. The van der Waals surface area contributed by atoms with E-state index in [-0.39, 0.29) is 0 Å². The fraction of sp³-hybridized carbons (Fsp3) is 0. The minimum Gasteiger partial charge on any atom is -0.456 e. The summed E-state index contributed by atoms with van der Waals surface area (Å²) in [5.41, 5.74) is 14.6. The maximum atomic E-state index is 6.99. The number of hydrogen-bond donors (Lipinski definition) is 0. The highest BCUT2D eigenvalue weighted by Crippen LogP contribution is 2.46. The van der Waals surface area contributed by atoms with Crippen LogP contribution >= 0.6 is 0 Å². The van der Waals surface area contributed by atoms with Crippen LogP contribution in [0.4, 0.5) is 17.1 Å². The molecule has 0 saturated heterocycles. The summed E-state index contributed by atoms with van der Waals surface area (Å²) < 4.78 is 20.1. The van der Waals surface area contributed by atoms with Gasteiger partial charge in [-0.1, -0.05) is 152 Å². The minimum absolute atomic E-state index is 0.820. The Kier molecular flexibility index (Phi) is 7.20. The first-order valence-electron chi connectivity index (χ1n) is 19.6. The van der Waals surface area contributed by atoms with E-state index in [2.05, 4.69) is 181 Å². The van der Waals surface area contributed by atoms with Crippen molar-refractivity contribution in [3.8, 4) is 33.4 Å². The van der Waals surface area contributed by atoms with E-state index in [1.54, 1.807) is 0 Å². The SMILES string of the molecule is c1ccc(-c2ccc(N(c3cccc(-c4cccc5c4oc4c5ccc5oc6ccccc6c54)c3)c3cccc4c3oc3c(-c5ccccc5)cccc34)cc2)cc1. The van der Waals surface area contributed by atoms with Crippen molar-refractivity contribution in [3.63, 3.8) is 0 Å². The van der Waals surface area contributed by atoms with E-state index in [0.29, 0.717) is 0 Å². The fourth-order valence-electron chi connectivity index (χ4n) is 8.79. The van der Waals surface area contributed by atoms with Crippen molar-refractivity contribution in [2.75, 3.05) is 4.90 Å². The average Bonchev–Trinajstić information content (AvgIpc) is 3.99. The molecule has 0 aliphatic rings. The van der Waals surface area contributed by atoms with Gasteiger partial charge >= 0.3 is 0 Å². The smallest absolute Gasteiger partial charge is 0.159 e. The van der Waals surface area contributed by atoms with Crippen LogP contribution in [0.1, 0.15) is 0 Å². The monoisotopic (exact) mass is 743 g/mol. The summed E-state index contributed by atoms with van der Waals surface area (Å²) in [4.78, 5) is 2.31. The zero-order valence-electron chi connectivity index (χ0n) is 31.2. The largest absolute Gasteiger partial charge is 0.456 e. The molecule has 0 aliphatic carbocycles. The van der Waals surface area contributed by atoms with Crippen LogP contribution in [0.5, 0.6) is 0 Å². The molecule has 9 aromatic carbocycles. The molecule has 4 nitrogen and oxygen atoms in total. The summed E-state index contributed by atoms with van der Waals surface area (Å²) in [7, 11) is 0. The number of rotatable bonds is 6. The standard InChI is InChI=1S/C54H33NO3/c1-3-13-34(14-4-1)35-27-29-38(30-28-35)55(47-25-12-24-44-42-22-10-20-40(51(42)57-53(44)47)36-15-5-2-6-16-36)39-18-9-17-37(33-39)41-21-11-23-43-45-31-32-49-50(54(45)58-52(41)43)46-19-7-8-26-48(46)56-49/h1-33H. The Labute approximate surface area is 333 Å². The van der Waals surface area contributed by atoms with Crippen molar-refractivity contribution >= 4 is 82.9 Å². The van der Waals surface area contributed by atoms with Gasteiger partial charge in [-0.15, -0.1) is 0 Å². The van der Waals surface area contributed by atoms with Crippen LogP contribution in [0.3, 0.4) is 0 Å². The second kappa shape index (κ2) is 12.9. The number of fused-ring (bicyclic) bond motifs is 10. The fourth-order valence-corrected chi connectivity index (χ4v) is 8.79. The predicted molar refractivity (Wildman–Crippen MR) is 239 cm³/mol. The van der Waals surface area contributed by atoms with E-state index in [0.717, 1.165) is 111 Å². The Balaban J connectivity index is 1.06. The third-order valence-corrected chi connectivity index (χ3v) is 11.5. The zero-order valence-corrected chi connectivity index (χ0v) is 31.2. The van der Waals surface area contributed by atoms with Crippen LogP contribution in [0.15, 0.2) is 213 Å². The predicted octanol–water partition coefficient (Wildman–Crippen LogP) is 15.9. The number of nitrogens with zero attached hydrogens (tertiary/aromatic N) is 1. The van der Waals surface area contributed by atoms with Crippen molar-refractivity contribution < 1.29 is 13.3 Å². The Morgan fingerprint density at radius 2 is 0.845 bits per heavy atom. The van der Waals surface area contributed by atoms with Crippen molar-refractivity contribution in [1.82, 2.24) is 0 Å². The topological polar surface area (TPSA) is 42.7 Å². The molecule has 12 rings (SSSR count). The normalized spacial score (nSPS) is 11.8. The number of anilines is 3. The highest BCUT2D eigenvalue weighted by Gasteiger charge is 2.23. The van der Waals surface area contributed by atoms with Gasteiger partial charge in [0.1, 0.15) is 27.9 Å². The van der Waals surface area contributed by atoms with Crippen molar-refractivity contribution in [2.24, 2.45) is 0 Å². The van der Waals surface area contributed by atoms with Crippen molar-refractivity contribution in [2.45, 2.75) is 0 Å². The molecule has 3 heterocycles. The lowest BCUT2D eigenvalue weighted by atomic mass is 10.0. The third-order valence-electron chi connectivity index (χ3n) is 11.5. The molecular weight excluding hydrogens is 711 g/mol. The molecule has 0 bridgehead atoms. The molecule has 3 aromatic heterocycles. The summed E-state index contributed by atoms with van der Waals surface area (Å²) in [6.45, 7) is 0. The maximum absolute atomic E-state index is 6.99. The van der Waals surface area contributed by atoms with Gasteiger partial charge in [-0.3, -0.25) is 0 Å². The van der Waals surface area contributed by atoms with Gasteiger partial charge < -0.3 is 18.2 Å². The van der Waals surface area contributed by atoms with Gasteiger partial charge in [0.05, 0.1) is 11.1 Å². The molecule has 0 saturated carbocycles. The van der Waals surface area contributed by atoms with Crippen LogP contribution < -0.4 is 4.90 Å². The zero-order chi connectivity index (χ0) is 38.2. The Morgan fingerprint density at radius 1 is 0.293 bits per heavy atom. The molecule has 0 unspecified atom stereocenters. The number of benzene rings is 9. The number of para-hydroxylation sites is 4. The van der Waals surface area contributed by atoms with E-state index in [1.807, 2.05) is 24.3 Å². The lowest BCUT2D eigenvalue weighted by Crippen LogP contribution is -2.10. The van der Waals surface area contributed by atoms with Gasteiger partial charge in [-0.25, -0.2) is 0 Å². The van der Waals surface area contributed by atoms with Crippen LogP contribution in [0.2, 0.25) is 0 Å². The number of furan rings is 3. The van der Waals surface area contributed by atoms with Gasteiger partial charge in [0.25, 0.3) is 0 Å². The van der Waals surface area contributed by atoms with Crippen LogP contribution in [-0.4, -0.2) is 0 Å². The minimum atomic E-state index is 0.820. The van der Waals surface area contributed by atoms with Crippen LogP contribution in [0, 0.1) is 0 Å².